The number of hydrogen-bond donors (Lipinski definition) is 0. The minimum absolute atomic E-state index is 0.0343. The first-order valence-electron chi connectivity index (χ1n) is 6.38. The molecule has 0 saturated carbocycles. The number of halogens is 2. The molecule has 108 valence electrons. The van der Waals surface area contributed by atoms with Gasteiger partial charge in [-0.3, -0.25) is 0 Å². The van der Waals surface area contributed by atoms with E-state index >= 15 is 0 Å². The predicted octanol–water partition coefficient (Wildman–Crippen LogP) is 5.28. The van der Waals surface area contributed by atoms with Crippen LogP contribution in [0.5, 0.6) is 0 Å². The molecule has 0 spiro atoms. The van der Waals surface area contributed by atoms with E-state index in [9.17, 15) is 0 Å². The molecule has 1 aliphatic rings. The van der Waals surface area contributed by atoms with Gasteiger partial charge in [-0.15, -0.1) is 11.8 Å². The van der Waals surface area contributed by atoms with Gasteiger partial charge >= 0.3 is 0 Å². The van der Waals surface area contributed by atoms with E-state index in [1.807, 2.05) is 42.2 Å². The highest BCUT2D eigenvalue weighted by Gasteiger charge is 2.34. The van der Waals surface area contributed by atoms with Gasteiger partial charge in [0.05, 0.1) is 4.99 Å². The Balaban J connectivity index is 2.08. The quantitative estimate of drug-likeness (QED) is 0.681. The minimum atomic E-state index is -0.0343. The van der Waals surface area contributed by atoms with Gasteiger partial charge in [0.1, 0.15) is 11.2 Å². The van der Waals surface area contributed by atoms with Gasteiger partial charge in [-0.25, -0.2) is 4.98 Å². The highest BCUT2D eigenvalue weighted by atomic mass is 35.5. The molecule has 6 heteroatoms. The van der Waals surface area contributed by atoms with Crippen LogP contribution in [0.1, 0.15) is 16.5 Å². The molecule has 2 nitrogen and oxygen atoms in total. The molecule has 1 atom stereocenters. The molecular formula is C15H12Cl2N2S2. The van der Waals surface area contributed by atoms with E-state index in [4.69, 9.17) is 35.4 Å². The van der Waals surface area contributed by atoms with Gasteiger partial charge in [-0.05, 0) is 36.8 Å². The zero-order valence-electron chi connectivity index (χ0n) is 11.2. The van der Waals surface area contributed by atoms with Crippen molar-refractivity contribution in [1.82, 2.24) is 4.98 Å². The molecule has 1 aromatic heterocycles. The van der Waals surface area contributed by atoms with Crippen LogP contribution in [-0.2, 0) is 0 Å². The summed E-state index contributed by atoms with van der Waals surface area (Å²) in [6.45, 7) is 2.04. The Hall–Kier alpha value is -0.810. The first-order chi connectivity index (χ1) is 10.1. The summed E-state index contributed by atoms with van der Waals surface area (Å²) >= 11 is 19.9. The highest BCUT2D eigenvalue weighted by molar-refractivity contribution is 8.02. The second-order valence-electron chi connectivity index (χ2n) is 4.75. The fourth-order valence-electron chi connectivity index (χ4n) is 2.28. The van der Waals surface area contributed by atoms with Gasteiger partial charge in [0.25, 0.3) is 0 Å². The molecule has 21 heavy (non-hydrogen) atoms. The monoisotopic (exact) mass is 354 g/mol. The Kier molecular flexibility index (Phi) is 4.41. The largest absolute Gasteiger partial charge is 0.303 e. The van der Waals surface area contributed by atoms with Crippen molar-refractivity contribution in [3.05, 3.63) is 57.7 Å². The molecular weight excluding hydrogens is 343 g/mol. The molecule has 0 bridgehead atoms. The lowest BCUT2D eigenvalue weighted by Crippen LogP contribution is -2.27. The number of aryl methyl sites for hydroxylation is 1. The number of pyridine rings is 1. The van der Waals surface area contributed by atoms with Gasteiger partial charge in [0, 0.05) is 27.6 Å². The molecule has 1 saturated heterocycles. The Morgan fingerprint density at radius 3 is 2.67 bits per heavy atom. The van der Waals surface area contributed by atoms with Crippen molar-refractivity contribution < 1.29 is 0 Å². The molecule has 0 aliphatic carbocycles. The number of anilines is 1. The first kappa shape index (κ1) is 15.1. The smallest absolute Gasteiger partial charge is 0.134 e. The van der Waals surface area contributed by atoms with E-state index in [1.165, 1.54) is 0 Å². The topological polar surface area (TPSA) is 16.1 Å². The lowest BCUT2D eigenvalue weighted by atomic mass is 10.2. The minimum Gasteiger partial charge on any atom is -0.303 e. The zero-order valence-corrected chi connectivity index (χ0v) is 14.4. The summed E-state index contributed by atoms with van der Waals surface area (Å²) in [5.74, 6) is 1.60. The molecule has 1 fully saturated rings. The maximum atomic E-state index is 6.35. The van der Waals surface area contributed by atoms with Crippen LogP contribution >= 0.6 is 47.2 Å². The lowest BCUT2D eigenvalue weighted by molar-refractivity contribution is 0.974. The van der Waals surface area contributed by atoms with Crippen molar-refractivity contribution in [2.45, 2.75) is 12.3 Å². The molecule has 0 radical (unpaired) electrons. The van der Waals surface area contributed by atoms with Gasteiger partial charge in [0.2, 0.25) is 0 Å². The Morgan fingerprint density at radius 1 is 1.29 bits per heavy atom. The Morgan fingerprint density at radius 2 is 2.00 bits per heavy atom. The molecule has 3 rings (SSSR count). The molecule has 1 aliphatic heterocycles. The number of hydrogen-bond acceptors (Lipinski definition) is 3. The third-order valence-electron chi connectivity index (χ3n) is 3.26. The van der Waals surface area contributed by atoms with Crippen molar-refractivity contribution in [3.63, 3.8) is 0 Å². The predicted molar refractivity (Wildman–Crippen MR) is 95.7 cm³/mol. The van der Waals surface area contributed by atoms with E-state index in [2.05, 4.69) is 4.98 Å². The van der Waals surface area contributed by atoms with Gasteiger partial charge in [-0.2, -0.15) is 0 Å². The molecule has 2 aromatic rings. The number of benzene rings is 1. The highest BCUT2D eigenvalue weighted by Crippen LogP contribution is 2.46. The fraction of sp³-hybridized carbons (Fsp3) is 0.200. The standard InChI is InChI=1S/C15H12Cl2N2S2/c1-9-5-6-18-12(7-9)19-13(20)8-21-15(19)14-10(16)3-2-4-11(14)17/h2-7,15H,8H2,1H3. The molecule has 1 unspecified atom stereocenters. The molecule has 0 amide bonds. The fourth-order valence-corrected chi connectivity index (χ4v) is 4.73. The van der Waals surface area contributed by atoms with Crippen molar-refractivity contribution in [3.8, 4) is 0 Å². The van der Waals surface area contributed by atoms with E-state index < -0.39 is 0 Å². The summed E-state index contributed by atoms with van der Waals surface area (Å²) in [4.78, 5) is 7.33. The third kappa shape index (κ3) is 2.90. The van der Waals surface area contributed by atoms with Crippen LogP contribution < -0.4 is 4.90 Å². The lowest BCUT2D eigenvalue weighted by Gasteiger charge is -2.26. The second-order valence-corrected chi connectivity index (χ2v) is 7.11. The van der Waals surface area contributed by atoms with Crippen LogP contribution in [-0.4, -0.2) is 15.7 Å². The third-order valence-corrected chi connectivity index (χ3v) is 5.65. The van der Waals surface area contributed by atoms with Crippen LogP contribution in [0.4, 0.5) is 5.82 Å². The summed E-state index contributed by atoms with van der Waals surface area (Å²) < 4.78 is 0. The van der Waals surface area contributed by atoms with Crippen molar-refractivity contribution >= 4 is 58.0 Å². The maximum Gasteiger partial charge on any atom is 0.134 e. The molecule has 0 N–H and O–H groups in total. The number of nitrogens with zero attached hydrogens (tertiary/aromatic N) is 2. The van der Waals surface area contributed by atoms with E-state index in [0.717, 1.165) is 27.7 Å². The summed E-state index contributed by atoms with van der Waals surface area (Å²) in [7, 11) is 0. The van der Waals surface area contributed by atoms with Crippen LogP contribution in [0.15, 0.2) is 36.5 Å². The Labute approximate surface area is 143 Å². The Bertz CT molecular complexity index is 686. The number of rotatable bonds is 2. The maximum absolute atomic E-state index is 6.35. The number of thiocarbonyl (C=S) groups is 1. The molecule has 1 aromatic carbocycles. The van der Waals surface area contributed by atoms with Crippen LogP contribution in [0, 0.1) is 6.92 Å². The van der Waals surface area contributed by atoms with E-state index in [1.54, 1.807) is 18.0 Å². The van der Waals surface area contributed by atoms with E-state index in [0.29, 0.717) is 10.0 Å². The van der Waals surface area contributed by atoms with E-state index in [-0.39, 0.29) is 5.37 Å². The van der Waals surface area contributed by atoms with Crippen molar-refractivity contribution in [2.24, 2.45) is 0 Å². The van der Waals surface area contributed by atoms with Gasteiger partial charge in [-0.1, -0.05) is 41.5 Å². The summed E-state index contributed by atoms with van der Waals surface area (Å²) in [6, 6.07) is 9.55. The average Bonchev–Trinajstić information content (AvgIpc) is 2.80. The van der Waals surface area contributed by atoms with Crippen molar-refractivity contribution in [1.29, 1.82) is 0 Å². The second kappa shape index (κ2) is 6.13. The van der Waals surface area contributed by atoms with Crippen LogP contribution in [0.25, 0.3) is 0 Å². The van der Waals surface area contributed by atoms with Gasteiger partial charge in [0.15, 0.2) is 0 Å². The summed E-state index contributed by atoms with van der Waals surface area (Å²) in [5, 5.41) is 1.28. The summed E-state index contributed by atoms with van der Waals surface area (Å²) in [5.41, 5.74) is 2.04. The van der Waals surface area contributed by atoms with Crippen molar-refractivity contribution in [2.75, 3.05) is 10.7 Å². The zero-order chi connectivity index (χ0) is 15.0. The molecule has 2 heterocycles. The SMILES string of the molecule is Cc1ccnc(N2C(=S)CSC2c2c(Cl)cccc2Cl)c1. The van der Waals surface area contributed by atoms with Crippen LogP contribution in [0.2, 0.25) is 10.0 Å². The number of thioether (sulfide) groups is 1. The van der Waals surface area contributed by atoms with Gasteiger partial charge < -0.3 is 4.90 Å². The first-order valence-corrected chi connectivity index (χ1v) is 8.59. The normalized spacial score (nSPS) is 18.3. The number of aromatic nitrogens is 1. The summed E-state index contributed by atoms with van der Waals surface area (Å²) in [6.07, 6.45) is 1.79. The average molecular weight is 355 g/mol. The van der Waals surface area contributed by atoms with Crippen LogP contribution in [0.3, 0.4) is 0 Å².